The minimum absolute atomic E-state index is 0.0488. The molecule has 0 saturated heterocycles. The number of carbonyl (C=O) groups is 1. The van der Waals surface area contributed by atoms with Crippen molar-refractivity contribution >= 4 is 23.1 Å². The van der Waals surface area contributed by atoms with Gasteiger partial charge in [0.05, 0.1) is 11.4 Å². The van der Waals surface area contributed by atoms with Crippen LogP contribution in [0, 0.1) is 0 Å². The smallest absolute Gasteiger partial charge is 0.240 e. The first kappa shape index (κ1) is 12.3. The van der Waals surface area contributed by atoms with E-state index < -0.39 is 0 Å². The van der Waals surface area contributed by atoms with E-state index in [9.17, 15) is 4.79 Å². The highest BCUT2D eigenvalue weighted by molar-refractivity contribution is 6.03. The number of pyridine rings is 1. The molecule has 2 heterocycles. The number of nitrogens with one attached hydrogen (secondary N) is 2. The molecule has 5 nitrogen and oxygen atoms in total. The molecule has 0 saturated carbocycles. The molecule has 2 aromatic rings. The van der Waals surface area contributed by atoms with Gasteiger partial charge in [0.1, 0.15) is 5.82 Å². The molecule has 0 radical (unpaired) electrons. The lowest BCUT2D eigenvalue weighted by Gasteiger charge is -2.12. The van der Waals surface area contributed by atoms with Gasteiger partial charge in [0.2, 0.25) is 5.91 Å². The van der Waals surface area contributed by atoms with Crippen molar-refractivity contribution in [3.05, 3.63) is 54.2 Å². The largest absolute Gasteiger partial charge is 0.340 e. The number of para-hydroxylation sites is 1. The summed E-state index contributed by atoms with van der Waals surface area (Å²) in [5.74, 6) is 0.709. The standard InChI is InChI=1S/C15H14N4O/c20-15-10-9-13(18-19-15)12-7-4-8-14(17-12)16-11-5-2-1-3-6-11/h1-8H,9-10H2,(H,16,17)(H,19,20). The van der Waals surface area contributed by atoms with Gasteiger partial charge < -0.3 is 5.32 Å². The van der Waals surface area contributed by atoms with Crippen LogP contribution in [-0.2, 0) is 4.79 Å². The number of hydrogen-bond donors (Lipinski definition) is 2. The first-order valence-corrected chi connectivity index (χ1v) is 6.46. The molecule has 0 bridgehead atoms. The van der Waals surface area contributed by atoms with Gasteiger partial charge >= 0.3 is 0 Å². The molecule has 0 atom stereocenters. The molecule has 1 aliphatic heterocycles. The van der Waals surface area contributed by atoms with Crippen LogP contribution in [-0.4, -0.2) is 16.6 Å². The van der Waals surface area contributed by atoms with Gasteiger partial charge in [-0.3, -0.25) is 4.79 Å². The Hall–Kier alpha value is -2.69. The van der Waals surface area contributed by atoms with Crippen molar-refractivity contribution < 1.29 is 4.79 Å². The predicted octanol–water partition coefficient (Wildman–Crippen LogP) is 2.44. The Labute approximate surface area is 116 Å². The fraction of sp³-hybridized carbons (Fsp3) is 0.133. The number of carbonyl (C=O) groups excluding carboxylic acids is 1. The highest BCUT2D eigenvalue weighted by Gasteiger charge is 2.14. The van der Waals surface area contributed by atoms with Crippen LogP contribution in [0.4, 0.5) is 11.5 Å². The van der Waals surface area contributed by atoms with Crippen molar-refractivity contribution in [2.24, 2.45) is 5.10 Å². The van der Waals surface area contributed by atoms with Crippen LogP contribution in [0.3, 0.4) is 0 Å². The average molecular weight is 266 g/mol. The van der Waals surface area contributed by atoms with Crippen LogP contribution >= 0.6 is 0 Å². The van der Waals surface area contributed by atoms with E-state index in [-0.39, 0.29) is 5.91 Å². The van der Waals surface area contributed by atoms with Crippen LogP contribution in [0.25, 0.3) is 0 Å². The van der Waals surface area contributed by atoms with E-state index in [1.54, 1.807) is 0 Å². The second-order valence-electron chi connectivity index (χ2n) is 4.49. The van der Waals surface area contributed by atoms with Gasteiger partial charge in [-0.15, -0.1) is 0 Å². The number of nitrogens with zero attached hydrogens (tertiary/aromatic N) is 2. The van der Waals surface area contributed by atoms with Gasteiger partial charge in [-0.2, -0.15) is 5.10 Å². The van der Waals surface area contributed by atoms with Crippen molar-refractivity contribution in [2.45, 2.75) is 12.8 Å². The number of hydrogen-bond acceptors (Lipinski definition) is 4. The van der Waals surface area contributed by atoms with E-state index >= 15 is 0 Å². The summed E-state index contributed by atoms with van der Waals surface area (Å²) in [4.78, 5) is 15.6. The highest BCUT2D eigenvalue weighted by Crippen LogP contribution is 2.15. The molecular formula is C15H14N4O. The van der Waals surface area contributed by atoms with Gasteiger partial charge in [0, 0.05) is 18.5 Å². The summed E-state index contributed by atoms with van der Waals surface area (Å²) in [5, 5.41) is 7.29. The molecule has 20 heavy (non-hydrogen) atoms. The molecule has 2 N–H and O–H groups in total. The number of hydrazone groups is 1. The topological polar surface area (TPSA) is 66.4 Å². The molecule has 1 aromatic heterocycles. The molecule has 5 heteroatoms. The maximum Gasteiger partial charge on any atom is 0.240 e. The maximum atomic E-state index is 11.1. The summed E-state index contributed by atoms with van der Waals surface area (Å²) < 4.78 is 0. The van der Waals surface area contributed by atoms with Crippen LogP contribution < -0.4 is 10.7 Å². The van der Waals surface area contributed by atoms with Crippen LogP contribution in [0.15, 0.2) is 53.6 Å². The lowest BCUT2D eigenvalue weighted by Crippen LogP contribution is -2.26. The zero-order valence-electron chi connectivity index (χ0n) is 10.8. The number of aromatic nitrogens is 1. The van der Waals surface area contributed by atoms with Gasteiger partial charge in [0.25, 0.3) is 0 Å². The Bertz CT molecular complexity index is 652. The van der Waals surface area contributed by atoms with Crippen molar-refractivity contribution in [3.8, 4) is 0 Å². The fourth-order valence-electron chi connectivity index (χ4n) is 1.99. The molecule has 0 fully saturated rings. The summed E-state index contributed by atoms with van der Waals surface area (Å²) in [6.45, 7) is 0. The third-order valence-corrected chi connectivity index (χ3v) is 3.00. The fourth-order valence-corrected chi connectivity index (χ4v) is 1.99. The minimum atomic E-state index is -0.0488. The van der Waals surface area contributed by atoms with Crippen molar-refractivity contribution in [2.75, 3.05) is 5.32 Å². The summed E-state index contributed by atoms with van der Waals surface area (Å²) in [5.41, 5.74) is 5.06. The third kappa shape index (κ3) is 2.83. The Kier molecular flexibility index (Phi) is 3.41. The van der Waals surface area contributed by atoms with Crippen LogP contribution in [0.1, 0.15) is 18.5 Å². The zero-order chi connectivity index (χ0) is 13.8. The molecule has 100 valence electrons. The average Bonchev–Trinajstić information content (AvgIpc) is 2.49. The van der Waals surface area contributed by atoms with E-state index in [0.29, 0.717) is 12.8 Å². The van der Waals surface area contributed by atoms with Crippen LogP contribution in [0.5, 0.6) is 0 Å². The molecule has 0 spiro atoms. The normalized spacial score (nSPS) is 14.4. The maximum absolute atomic E-state index is 11.1. The van der Waals surface area contributed by atoms with Gasteiger partial charge in [-0.25, -0.2) is 10.4 Å². The predicted molar refractivity (Wildman–Crippen MR) is 77.9 cm³/mol. The van der Waals surface area contributed by atoms with E-state index in [0.717, 1.165) is 22.9 Å². The molecule has 1 amide bonds. The molecule has 0 unspecified atom stereocenters. The van der Waals surface area contributed by atoms with E-state index in [1.165, 1.54) is 0 Å². The first-order valence-electron chi connectivity index (χ1n) is 6.46. The number of amides is 1. The summed E-state index contributed by atoms with van der Waals surface area (Å²) in [7, 11) is 0. The Morgan fingerprint density at radius 1 is 1.00 bits per heavy atom. The lowest BCUT2D eigenvalue weighted by atomic mass is 10.1. The Morgan fingerprint density at radius 3 is 2.60 bits per heavy atom. The van der Waals surface area contributed by atoms with Gasteiger partial charge in [0.15, 0.2) is 0 Å². The van der Waals surface area contributed by atoms with Crippen LogP contribution in [0.2, 0.25) is 0 Å². The number of benzene rings is 1. The second-order valence-corrected chi connectivity index (χ2v) is 4.49. The highest BCUT2D eigenvalue weighted by atomic mass is 16.2. The number of rotatable bonds is 3. The molecule has 0 aliphatic carbocycles. The number of anilines is 2. The zero-order valence-corrected chi connectivity index (χ0v) is 10.8. The molecule has 1 aliphatic rings. The van der Waals surface area contributed by atoms with E-state index in [2.05, 4.69) is 20.8 Å². The summed E-state index contributed by atoms with van der Waals surface area (Å²) >= 11 is 0. The monoisotopic (exact) mass is 266 g/mol. The molecule has 1 aromatic carbocycles. The SMILES string of the molecule is O=C1CCC(c2cccc(Nc3ccccc3)n2)=NN1. The molecular weight excluding hydrogens is 252 g/mol. The van der Waals surface area contributed by atoms with E-state index in [4.69, 9.17) is 0 Å². The van der Waals surface area contributed by atoms with Crippen molar-refractivity contribution in [1.29, 1.82) is 0 Å². The second kappa shape index (κ2) is 5.52. The van der Waals surface area contributed by atoms with E-state index in [1.807, 2.05) is 48.5 Å². The Balaban J connectivity index is 1.81. The van der Waals surface area contributed by atoms with Gasteiger partial charge in [-0.1, -0.05) is 24.3 Å². The van der Waals surface area contributed by atoms with Crippen molar-refractivity contribution in [3.63, 3.8) is 0 Å². The summed E-state index contributed by atoms with van der Waals surface area (Å²) in [6.07, 6.45) is 1.07. The third-order valence-electron chi connectivity index (χ3n) is 3.00. The first-order chi connectivity index (χ1) is 9.81. The molecule has 3 rings (SSSR count). The minimum Gasteiger partial charge on any atom is -0.340 e. The van der Waals surface area contributed by atoms with Crippen molar-refractivity contribution in [1.82, 2.24) is 10.4 Å². The quantitative estimate of drug-likeness (QED) is 0.896. The Morgan fingerprint density at radius 2 is 1.85 bits per heavy atom. The lowest BCUT2D eigenvalue weighted by molar-refractivity contribution is -0.121. The van der Waals surface area contributed by atoms with Gasteiger partial charge in [-0.05, 0) is 24.3 Å². The summed E-state index contributed by atoms with van der Waals surface area (Å²) in [6, 6.07) is 15.6.